The number of amides is 3. The molecule has 13 nitrogen and oxygen atoms in total. The standard InChI is InChI=1S/C33H61N7O6S/c1-27(2)29(33(34)44)26-28(41)20-15-14-18-24-35-31(42)23-19-25-47(45,46)38-32(43)22-17-13-11-9-7-5-3-4-6-8-10-12-16-21-30-36-39-40-37-30/h27,29H,3-26H2,1-2H3,(H2,34,44)(H,35,42)(H,38,43)(H,36,37,39,40)/t29-/m0/s1. The van der Waals surface area contributed by atoms with E-state index in [9.17, 15) is 27.6 Å². The quantitative estimate of drug-likeness (QED) is 0.0790. The molecule has 0 unspecified atom stereocenters. The van der Waals surface area contributed by atoms with E-state index in [1.54, 1.807) is 0 Å². The average Bonchev–Trinajstić information content (AvgIpc) is 3.52. The van der Waals surface area contributed by atoms with E-state index in [4.69, 9.17) is 5.73 Å². The molecule has 3 amide bonds. The first-order valence-electron chi connectivity index (χ1n) is 17.8. The van der Waals surface area contributed by atoms with Crippen molar-refractivity contribution < 1.29 is 27.6 Å². The summed E-state index contributed by atoms with van der Waals surface area (Å²) >= 11 is 0. The first-order valence-corrected chi connectivity index (χ1v) is 19.5. The molecule has 0 saturated heterocycles. The van der Waals surface area contributed by atoms with Crippen molar-refractivity contribution in [2.75, 3.05) is 12.3 Å². The molecule has 14 heteroatoms. The van der Waals surface area contributed by atoms with Crippen LogP contribution in [0.1, 0.15) is 155 Å². The number of H-pyrrole nitrogens is 1. The largest absolute Gasteiger partial charge is 0.369 e. The molecule has 1 aromatic rings. The van der Waals surface area contributed by atoms with Crippen LogP contribution in [0.25, 0.3) is 0 Å². The molecule has 0 aliphatic rings. The fraction of sp³-hybridized carbons (Fsp3) is 0.848. The van der Waals surface area contributed by atoms with Crippen molar-refractivity contribution in [1.29, 1.82) is 0 Å². The molecule has 0 spiro atoms. The maximum Gasteiger partial charge on any atom is 0.234 e. The summed E-state index contributed by atoms with van der Waals surface area (Å²) in [5.41, 5.74) is 5.37. The van der Waals surface area contributed by atoms with Crippen molar-refractivity contribution in [3.05, 3.63) is 5.82 Å². The van der Waals surface area contributed by atoms with E-state index in [0.29, 0.717) is 32.2 Å². The molecule has 0 fully saturated rings. The van der Waals surface area contributed by atoms with E-state index in [1.807, 2.05) is 13.8 Å². The fourth-order valence-corrected chi connectivity index (χ4v) is 6.53. The number of aromatic nitrogens is 4. The Kier molecular flexibility index (Phi) is 23.4. The number of tetrazole rings is 1. The van der Waals surface area contributed by atoms with E-state index in [-0.39, 0.29) is 49.0 Å². The van der Waals surface area contributed by atoms with Gasteiger partial charge in [0.05, 0.1) is 5.75 Å². The third kappa shape index (κ3) is 24.0. The third-order valence-corrected chi connectivity index (χ3v) is 9.72. The lowest BCUT2D eigenvalue weighted by Gasteiger charge is -2.16. The predicted molar refractivity (Wildman–Crippen MR) is 182 cm³/mol. The number of hydrogen-bond acceptors (Lipinski definition) is 9. The van der Waals surface area contributed by atoms with Gasteiger partial charge in [0.1, 0.15) is 5.78 Å². The number of aryl methyl sites for hydroxylation is 1. The Morgan fingerprint density at radius 1 is 0.723 bits per heavy atom. The van der Waals surface area contributed by atoms with Crippen molar-refractivity contribution in [2.45, 2.75) is 155 Å². The molecule has 0 radical (unpaired) electrons. The number of carbonyl (C=O) groups is 4. The number of hydrogen-bond donors (Lipinski definition) is 4. The smallest absolute Gasteiger partial charge is 0.234 e. The monoisotopic (exact) mass is 683 g/mol. The Morgan fingerprint density at radius 2 is 1.26 bits per heavy atom. The summed E-state index contributed by atoms with van der Waals surface area (Å²) in [5.74, 6) is -1.06. The van der Waals surface area contributed by atoms with Crippen molar-refractivity contribution in [1.82, 2.24) is 30.7 Å². The molecule has 1 rings (SSSR count). The van der Waals surface area contributed by atoms with E-state index in [1.165, 1.54) is 51.4 Å². The van der Waals surface area contributed by atoms with Crippen LogP contribution in [-0.2, 0) is 35.6 Å². The zero-order valence-electron chi connectivity index (χ0n) is 28.9. The Labute approximate surface area is 282 Å². The van der Waals surface area contributed by atoms with Gasteiger partial charge in [0.2, 0.25) is 27.7 Å². The SMILES string of the molecule is CC(C)[C@H](CC(=O)CCCCCNC(=O)CCCS(=O)(=O)NC(=O)CCCCCCCCCCCCCCCc1nn[nH]n1)C(N)=O. The van der Waals surface area contributed by atoms with Gasteiger partial charge in [-0.25, -0.2) is 8.42 Å². The summed E-state index contributed by atoms with van der Waals surface area (Å²) in [7, 11) is -3.76. The van der Waals surface area contributed by atoms with Crippen LogP contribution in [0.4, 0.5) is 0 Å². The zero-order chi connectivity index (χ0) is 34.8. The van der Waals surface area contributed by atoms with E-state index in [0.717, 1.165) is 44.3 Å². The number of sulfonamides is 1. The number of nitrogens with two attached hydrogens (primary N) is 1. The highest BCUT2D eigenvalue weighted by molar-refractivity contribution is 7.90. The van der Waals surface area contributed by atoms with Gasteiger partial charge in [0.15, 0.2) is 5.82 Å². The average molecular weight is 684 g/mol. The number of rotatable bonds is 31. The minimum absolute atomic E-state index is 0.0181. The van der Waals surface area contributed by atoms with Gasteiger partial charge in [0, 0.05) is 44.6 Å². The molecule has 0 bridgehead atoms. The highest BCUT2D eigenvalue weighted by Crippen LogP contribution is 2.17. The van der Waals surface area contributed by atoms with Gasteiger partial charge >= 0.3 is 0 Å². The number of carbonyl (C=O) groups excluding carboxylic acids is 4. The molecular weight excluding hydrogens is 622 g/mol. The second-order valence-corrected chi connectivity index (χ2v) is 14.9. The lowest BCUT2D eigenvalue weighted by molar-refractivity contribution is -0.128. The number of aromatic amines is 1. The van der Waals surface area contributed by atoms with Crippen LogP contribution in [0.2, 0.25) is 0 Å². The first kappa shape index (κ1) is 42.1. The highest BCUT2D eigenvalue weighted by atomic mass is 32.2. The topological polar surface area (TPSA) is 207 Å². The Bertz CT molecular complexity index is 1110. The molecule has 270 valence electrons. The highest BCUT2D eigenvalue weighted by Gasteiger charge is 2.22. The van der Waals surface area contributed by atoms with Crippen LogP contribution in [0, 0.1) is 11.8 Å². The second kappa shape index (κ2) is 26.1. The summed E-state index contributed by atoms with van der Waals surface area (Å²) < 4.78 is 26.6. The second-order valence-electron chi connectivity index (χ2n) is 13.0. The van der Waals surface area contributed by atoms with Crippen molar-refractivity contribution in [2.24, 2.45) is 17.6 Å². The van der Waals surface area contributed by atoms with E-state index in [2.05, 4.69) is 30.7 Å². The normalized spacial score (nSPS) is 12.2. The van der Waals surface area contributed by atoms with Gasteiger partial charge in [-0.3, -0.25) is 23.9 Å². The van der Waals surface area contributed by atoms with Crippen LogP contribution in [0.3, 0.4) is 0 Å². The fourth-order valence-electron chi connectivity index (χ4n) is 5.45. The minimum atomic E-state index is -3.76. The lowest BCUT2D eigenvalue weighted by Crippen LogP contribution is -2.33. The molecule has 0 aliphatic carbocycles. The van der Waals surface area contributed by atoms with Gasteiger partial charge in [-0.1, -0.05) is 96.1 Å². The summed E-state index contributed by atoms with van der Waals surface area (Å²) in [6.45, 7) is 4.19. The number of primary amides is 1. The van der Waals surface area contributed by atoms with Crippen LogP contribution in [0.5, 0.6) is 0 Å². The molecular formula is C33H61N7O6S. The van der Waals surface area contributed by atoms with Gasteiger partial charge in [-0.15, -0.1) is 10.2 Å². The lowest BCUT2D eigenvalue weighted by atomic mass is 9.89. The Morgan fingerprint density at radius 3 is 1.81 bits per heavy atom. The van der Waals surface area contributed by atoms with Crippen LogP contribution in [0.15, 0.2) is 0 Å². The molecule has 1 aromatic heterocycles. The minimum Gasteiger partial charge on any atom is -0.369 e. The summed E-state index contributed by atoms with van der Waals surface area (Å²) in [5, 5.41) is 16.7. The molecule has 1 heterocycles. The van der Waals surface area contributed by atoms with Crippen LogP contribution < -0.4 is 15.8 Å². The van der Waals surface area contributed by atoms with Crippen molar-refractivity contribution >= 4 is 33.5 Å². The van der Waals surface area contributed by atoms with Crippen molar-refractivity contribution in [3.8, 4) is 0 Å². The summed E-state index contributed by atoms with van der Waals surface area (Å²) in [6.07, 6.45) is 18.7. The zero-order valence-corrected chi connectivity index (χ0v) is 29.7. The molecule has 0 saturated carbocycles. The van der Waals surface area contributed by atoms with E-state index < -0.39 is 27.8 Å². The van der Waals surface area contributed by atoms with Gasteiger partial charge in [-0.2, -0.15) is 5.21 Å². The van der Waals surface area contributed by atoms with E-state index >= 15 is 0 Å². The molecule has 0 aromatic carbocycles. The van der Waals surface area contributed by atoms with Crippen LogP contribution in [-0.4, -0.2) is 64.8 Å². The summed E-state index contributed by atoms with van der Waals surface area (Å²) in [4.78, 5) is 47.7. The maximum atomic E-state index is 12.2. The number of Topliss-reactive ketones (excluding diaryl/α,β-unsaturated/α-hetero) is 1. The first-order chi connectivity index (χ1) is 22.5. The number of ketones is 1. The third-order valence-electron chi connectivity index (χ3n) is 8.35. The van der Waals surface area contributed by atoms with Gasteiger partial charge in [-0.05, 0) is 38.0 Å². The number of unbranched alkanes of at least 4 members (excludes halogenated alkanes) is 14. The molecule has 0 aliphatic heterocycles. The summed E-state index contributed by atoms with van der Waals surface area (Å²) in [6, 6.07) is 0. The Balaban J connectivity index is 1.92. The molecule has 47 heavy (non-hydrogen) atoms. The molecule has 5 N–H and O–H groups in total. The molecule has 1 atom stereocenters. The van der Waals surface area contributed by atoms with Crippen molar-refractivity contribution in [3.63, 3.8) is 0 Å². The predicted octanol–water partition coefficient (Wildman–Crippen LogP) is 4.82. The number of nitrogens with one attached hydrogen (secondary N) is 3. The Hall–Kier alpha value is -2.90. The number of nitrogens with zero attached hydrogens (tertiary/aromatic N) is 3. The van der Waals surface area contributed by atoms with Crippen LogP contribution >= 0.6 is 0 Å². The maximum absolute atomic E-state index is 12.2. The van der Waals surface area contributed by atoms with Gasteiger partial charge < -0.3 is 11.1 Å². The van der Waals surface area contributed by atoms with Gasteiger partial charge in [0.25, 0.3) is 0 Å².